The minimum atomic E-state index is -3.04. The molecule has 4 nitrogen and oxygen atoms in total. The number of rotatable bonds is 3. The molecule has 0 aliphatic rings. The largest absolute Gasteiger partial charge is 0.472 e. The molecule has 0 spiro atoms. The lowest BCUT2D eigenvalue weighted by atomic mass is 10.1. The van der Waals surface area contributed by atoms with Crippen LogP contribution in [0.3, 0.4) is 0 Å². The molecule has 0 atom stereocenters. The second kappa shape index (κ2) is 5.61. The van der Waals surface area contributed by atoms with Crippen LogP contribution in [0.1, 0.15) is 15.9 Å². The summed E-state index contributed by atoms with van der Waals surface area (Å²) in [6.45, 7) is -3.04. The van der Waals surface area contributed by atoms with Crippen molar-refractivity contribution in [1.29, 1.82) is 0 Å². The van der Waals surface area contributed by atoms with Crippen molar-refractivity contribution in [2.75, 3.05) is 0 Å². The molecule has 0 fully saturated rings. The molecule has 0 aliphatic heterocycles. The normalized spacial score (nSPS) is 9.35. The highest BCUT2D eigenvalue weighted by Gasteiger charge is 2.09. The fourth-order valence-corrected chi connectivity index (χ4v) is 1.05. The van der Waals surface area contributed by atoms with Gasteiger partial charge < -0.3 is 9.84 Å². The number of carbonyl (C=O) groups is 2. The Morgan fingerprint density at radius 1 is 1.47 bits per heavy atom. The van der Waals surface area contributed by atoms with Crippen LogP contribution in [0.2, 0.25) is 0 Å². The van der Waals surface area contributed by atoms with Gasteiger partial charge in [0.1, 0.15) is 5.75 Å². The van der Waals surface area contributed by atoms with E-state index in [-0.39, 0.29) is 16.9 Å². The number of carboxylic acids is 1. The van der Waals surface area contributed by atoms with Gasteiger partial charge in [-0.3, -0.25) is 4.79 Å². The van der Waals surface area contributed by atoms with E-state index in [0.29, 0.717) is 6.29 Å². The van der Waals surface area contributed by atoms with Gasteiger partial charge in [0.2, 0.25) is 0 Å². The molecule has 1 aromatic rings. The monoisotopic (exact) mass is 240 g/mol. The summed E-state index contributed by atoms with van der Waals surface area (Å²) < 4.78 is 28.0. The maximum atomic E-state index is 11.9. The van der Waals surface area contributed by atoms with Crippen LogP contribution in [0.5, 0.6) is 5.75 Å². The summed E-state index contributed by atoms with van der Waals surface area (Å²) in [5.74, 6) is 2.47. The van der Waals surface area contributed by atoms with E-state index in [1.54, 1.807) is 0 Å². The standard InChI is InChI=1S/C11H6F2O4/c12-11(13)17-9-3-1-7(2-4-10(15)16)5-8(9)6-14/h1,3,5-6,11H,(H,15,16). The molecule has 0 saturated carbocycles. The van der Waals surface area contributed by atoms with Crippen LogP contribution >= 0.6 is 0 Å². The average molecular weight is 240 g/mol. The Morgan fingerprint density at radius 2 is 2.18 bits per heavy atom. The number of benzene rings is 1. The van der Waals surface area contributed by atoms with Gasteiger partial charge >= 0.3 is 12.6 Å². The Balaban J connectivity index is 3.05. The third kappa shape index (κ3) is 3.91. The fraction of sp³-hybridized carbons (Fsp3) is 0.0909. The molecule has 17 heavy (non-hydrogen) atoms. The summed E-state index contributed by atoms with van der Waals surface area (Å²) in [6.07, 6.45) is 0.323. The molecule has 6 heteroatoms. The third-order valence-electron chi connectivity index (χ3n) is 1.67. The molecule has 0 bridgehead atoms. The number of ether oxygens (including phenoxy) is 1. The van der Waals surface area contributed by atoms with E-state index in [1.807, 2.05) is 5.92 Å². The number of carboxylic acid groups (broad SMARTS) is 1. The van der Waals surface area contributed by atoms with E-state index in [1.165, 1.54) is 12.1 Å². The summed E-state index contributed by atoms with van der Waals surface area (Å²) in [5, 5.41) is 8.31. The highest BCUT2D eigenvalue weighted by atomic mass is 19.3. The summed E-state index contributed by atoms with van der Waals surface area (Å²) >= 11 is 0. The van der Waals surface area contributed by atoms with Gasteiger partial charge in [0.15, 0.2) is 6.29 Å². The van der Waals surface area contributed by atoms with E-state index >= 15 is 0 Å². The summed E-state index contributed by atoms with van der Waals surface area (Å²) in [6, 6.07) is 3.57. The minimum Gasteiger partial charge on any atom is -0.472 e. The van der Waals surface area contributed by atoms with Crippen molar-refractivity contribution < 1.29 is 28.2 Å². The van der Waals surface area contributed by atoms with Crippen molar-refractivity contribution in [2.45, 2.75) is 6.61 Å². The molecule has 0 aromatic heterocycles. The number of carbonyl (C=O) groups excluding carboxylic acids is 1. The minimum absolute atomic E-state index is 0.123. The first-order valence-corrected chi connectivity index (χ1v) is 4.32. The van der Waals surface area contributed by atoms with Gasteiger partial charge in [-0.2, -0.15) is 8.78 Å². The van der Waals surface area contributed by atoms with Gasteiger partial charge in [-0.15, -0.1) is 0 Å². The number of halogens is 2. The number of hydrogen-bond donors (Lipinski definition) is 1. The molecule has 1 N–H and O–H groups in total. The molecule has 0 unspecified atom stereocenters. The number of aldehydes is 1. The Hall–Kier alpha value is -2.42. The highest BCUT2D eigenvalue weighted by Crippen LogP contribution is 2.20. The van der Waals surface area contributed by atoms with E-state index in [4.69, 9.17) is 5.11 Å². The van der Waals surface area contributed by atoms with Gasteiger partial charge in [-0.25, -0.2) is 4.79 Å². The molecular weight excluding hydrogens is 234 g/mol. The van der Waals surface area contributed by atoms with Crippen LogP contribution < -0.4 is 4.74 Å². The van der Waals surface area contributed by atoms with Crippen LogP contribution in [0.25, 0.3) is 0 Å². The van der Waals surface area contributed by atoms with Crippen molar-refractivity contribution >= 4 is 12.3 Å². The Labute approximate surface area is 94.8 Å². The predicted octanol–water partition coefficient (Wildman–Crippen LogP) is 1.54. The Morgan fingerprint density at radius 3 is 2.71 bits per heavy atom. The van der Waals surface area contributed by atoms with Crippen LogP contribution in [-0.2, 0) is 4.79 Å². The molecule has 88 valence electrons. The number of alkyl halides is 2. The highest BCUT2D eigenvalue weighted by molar-refractivity contribution is 5.87. The number of hydrogen-bond acceptors (Lipinski definition) is 3. The SMILES string of the molecule is O=Cc1cc(C#CC(=O)O)ccc1OC(F)F. The fourth-order valence-electron chi connectivity index (χ4n) is 1.05. The Bertz CT molecular complexity index is 500. The van der Waals surface area contributed by atoms with Crippen molar-refractivity contribution in [2.24, 2.45) is 0 Å². The van der Waals surface area contributed by atoms with Gasteiger partial charge in [0, 0.05) is 11.5 Å². The van der Waals surface area contributed by atoms with Crippen LogP contribution in [0, 0.1) is 11.8 Å². The molecule has 0 amide bonds. The first-order chi connectivity index (χ1) is 8.02. The number of aliphatic carboxylic acids is 1. The van der Waals surface area contributed by atoms with Gasteiger partial charge in [0.25, 0.3) is 0 Å². The molecule has 0 radical (unpaired) electrons. The third-order valence-corrected chi connectivity index (χ3v) is 1.67. The van der Waals surface area contributed by atoms with Gasteiger partial charge in [-0.1, -0.05) is 5.92 Å². The predicted molar refractivity (Wildman–Crippen MR) is 53.0 cm³/mol. The first-order valence-electron chi connectivity index (χ1n) is 4.32. The lowest BCUT2D eigenvalue weighted by Gasteiger charge is -2.06. The lowest BCUT2D eigenvalue weighted by Crippen LogP contribution is -2.04. The van der Waals surface area contributed by atoms with Crippen molar-refractivity contribution in [3.05, 3.63) is 29.3 Å². The van der Waals surface area contributed by atoms with Gasteiger partial charge in [0.05, 0.1) is 5.56 Å². The van der Waals surface area contributed by atoms with E-state index in [9.17, 15) is 18.4 Å². The summed E-state index contributed by atoms with van der Waals surface area (Å²) in [4.78, 5) is 20.8. The smallest absolute Gasteiger partial charge is 0.387 e. The van der Waals surface area contributed by atoms with E-state index < -0.39 is 12.6 Å². The van der Waals surface area contributed by atoms with Crippen LogP contribution in [0.15, 0.2) is 18.2 Å². The Kier molecular flexibility index (Phi) is 4.17. The molecule has 0 aliphatic carbocycles. The molecular formula is C11H6F2O4. The topological polar surface area (TPSA) is 63.6 Å². The lowest BCUT2D eigenvalue weighted by molar-refractivity contribution is -0.130. The summed E-state index contributed by atoms with van der Waals surface area (Å²) in [7, 11) is 0. The molecule has 1 aromatic carbocycles. The van der Waals surface area contributed by atoms with Crippen molar-refractivity contribution in [3.63, 3.8) is 0 Å². The average Bonchev–Trinajstić information content (AvgIpc) is 2.26. The second-order valence-electron chi connectivity index (χ2n) is 2.80. The summed E-state index contributed by atoms with van der Waals surface area (Å²) in [5.41, 5.74) is 0.0959. The van der Waals surface area contributed by atoms with Crippen molar-refractivity contribution in [1.82, 2.24) is 0 Å². The molecule has 0 heterocycles. The van der Waals surface area contributed by atoms with Gasteiger partial charge in [-0.05, 0) is 18.2 Å². The maximum absolute atomic E-state index is 11.9. The van der Waals surface area contributed by atoms with Crippen molar-refractivity contribution in [3.8, 4) is 17.6 Å². The zero-order chi connectivity index (χ0) is 12.8. The van der Waals surface area contributed by atoms with E-state index in [2.05, 4.69) is 10.7 Å². The van der Waals surface area contributed by atoms with Crippen LogP contribution in [0.4, 0.5) is 8.78 Å². The van der Waals surface area contributed by atoms with Crippen LogP contribution in [-0.4, -0.2) is 24.0 Å². The second-order valence-corrected chi connectivity index (χ2v) is 2.80. The first kappa shape index (κ1) is 12.6. The maximum Gasteiger partial charge on any atom is 0.387 e. The van der Waals surface area contributed by atoms with E-state index in [0.717, 1.165) is 6.07 Å². The quantitative estimate of drug-likeness (QED) is 0.642. The molecule has 1 rings (SSSR count). The molecule has 0 saturated heterocycles. The zero-order valence-corrected chi connectivity index (χ0v) is 8.31. The zero-order valence-electron chi connectivity index (χ0n) is 8.31.